The normalized spacial score (nSPS) is 24.8. The number of likely N-dealkylation sites (tertiary alicyclic amines) is 1. The fourth-order valence-electron chi connectivity index (χ4n) is 4.85. The van der Waals surface area contributed by atoms with Crippen LogP contribution in [0.15, 0.2) is 17.8 Å². The lowest BCUT2D eigenvalue weighted by Gasteiger charge is -2.49. The minimum atomic E-state index is 0.0786. The number of piperidine rings is 1. The molecule has 4 aliphatic rings. The molecule has 5 rings (SSSR count). The Hall–Kier alpha value is -2.08. The molecule has 2 heterocycles. The minimum absolute atomic E-state index is 0.0786. The summed E-state index contributed by atoms with van der Waals surface area (Å²) in [6, 6.07) is 2.22. The van der Waals surface area contributed by atoms with Gasteiger partial charge in [0.25, 0.3) is 0 Å². The fraction of sp³-hybridized carbons (Fsp3) is 0.545. The number of allylic oxidation sites excluding steroid dienone is 1. The van der Waals surface area contributed by atoms with Crippen molar-refractivity contribution in [1.29, 1.82) is 0 Å². The van der Waals surface area contributed by atoms with Gasteiger partial charge in [-0.25, -0.2) is 0 Å². The predicted octanol–water partition coefficient (Wildman–Crippen LogP) is 3.69. The van der Waals surface area contributed by atoms with E-state index in [9.17, 15) is 4.79 Å². The van der Waals surface area contributed by atoms with E-state index < -0.39 is 0 Å². The number of carbonyl (C=O) groups is 1. The number of pyridine rings is 1. The second-order valence-corrected chi connectivity index (χ2v) is 8.35. The summed E-state index contributed by atoms with van der Waals surface area (Å²) in [4.78, 5) is 19.6. The van der Waals surface area contributed by atoms with Crippen LogP contribution in [0.25, 0.3) is 5.70 Å². The summed E-state index contributed by atoms with van der Waals surface area (Å²) in [5, 5.41) is 0. The molecule has 128 valence electrons. The molecule has 0 unspecified atom stereocenters. The third-order valence-electron chi connectivity index (χ3n) is 6.82. The Balaban J connectivity index is 1.54. The number of Topliss-reactive ketones (excluding diaryl/α,β-unsaturated/α-hetero) is 1. The van der Waals surface area contributed by atoms with Gasteiger partial charge in [0.05, 0.1) is 11.3 Å². The van der Waals surface area contributed by atoms with Crippen LogP contribution < -0.4 is 0 Å². The molecule has 3 fully saturated rings. The zero-order chi connectivity index (χ0) is 17.0. The fourth-order valence-corrected chi connectivity index (χ4v) is 4.85. The summed E-state index contributed by atoms with van der Waals surface area (Å²) in [7, 11) is 0. The Kier molecular flexibility index (Phi) is 3.32. The van der Waals surface area contributed by atoms with E-state index in [2.05, 4.69) is 21.9 Å². The van der Waals surface area contributed by atoms with E-state index in [0.29, 0.717) is 23.3 Å². The highest BCUT2D eigenvalue weighted by atomic mass is 16.1. The Labute approximate surface area is 149 Å². The van der Waals surface area contributed by atoms with Gasteiger partial charge < -0.3 is 4.90 Å². The molecule has 1 aromatic heterocycles. The Morgan fingerprint density at radius 2 is 1.96 bits per heavy atom. The van der Waals surface area contributed by atoms with E-state index in [1.807, 2.05) is 6.20 Å². The number of rotatable bonds is 2. The maximum absolute atomic E-state index is 12.6. The molecule has 0 aromatic carbocycles. The van der Waals surface area contributed by atoms with E-state index in [-0.39, 0.29) is 5.78 Å². The van der Waals surface area contributed by atoms with Crippen LogP contribution in [0, 0.1) is 17.8 Å². The molecular formula is C22H24N2O. The highest BCUT2D eigenvalue weighted by molar-refractivity contribution is 6.10. The average molecular weight is 332 g/mol. The second kappa shape index (κ2) is 5.46. The monoisotopic (exact) mass is 332 g/mol. The number of carbonyl (C=O) groups excluding carboxylic acids is 1. The van der Waals surface area contributed by atoms with E-state index in [0.717, 1.165) is 24.4 Å². The van der Waals surface area contributed by atoms with Crippen molar-refractivity contribution in [1.82, 2.24) is 9.88 Å². The van der Waals surface area contributed by atoms with Crippen molar-refractivity contribution in [3.05, 3.63) is 34.7 Å². The summed E-state index contributed by atoms with van der Waals surface area (Å²) in [5.41, 5.74) is 5.60. The smallest absolute Gasteiger partial charge is 0.177 e. The maximum atomic E-state index is 12.6. The van der Waals surface area contributed by atoms with Crippen LogP contribution in [0.1, 0.15) is 67.7 Å². The van der Waals surface area contributed by atoms with Crippen LogP contribution in [-0.2, 0) is 11.2 Å². The van der Waals surface area contributed by atoms with Crippen molar-refractivity contribution < 1.29 is 4.79 Å². The van der Waals surface area contributed by atoms with Crippen molar-refractivity contribution in [3.63, 3.8) is 0 Å². The van der Waals surface area contributed by atoms with Crippen LogP contribution in [0.2, 0.25) is 0 Å². The molecule has 1 saturated heterocycles. The van der Waals surface area contributed by atoms with Gasteiger partial charge in [0.2, 0.25) is 0 Å². The molecule has 3 aliphatic carbocycles. The number of ketones is 1. The van der Waals surface area contributed by atoms with Gasteiger partial charge in [-0.1, -0.05) is 12.3 Å². The number of nitrogens with zero attached hydrogens (tertiary/aromatic N) is 2. The highest BCUT2D eigenvalue weighted by Gasteiger charge is 2.41. The summed E-state index contributed by atoms with van der Waals surface area (Å²) in [6.07, 6.45) is 17.2. The molecule has 0 atom stereocenters. The molecule has 0 bridgehead atoms. The van der Waals surface area contributed by atoms with Crippen LogP contribution in [0.4, 0.5) is 0 Å². The van der Waals surface area contributed by atoms with Crippen LogP contribution in [0.3, 0.4) is 0 Å². The van der Waals surface area contributed by atoms with Gasteiger partial charge in [-0.05, 0) is 55.6 Å². The van der Waals surface area contributed by atoms with Crippen LogP contribution in [0.5, 0.6) is 0 Å². The molecule has 0 amide bonds. The number of terminal acetylenes is 1. The third kappa shape index (κ3) is 2.42. The topological polar surface area (TPSA) is 33.2 Å². The van der Waals surface area contributed by atoms with E-state index in [1.165, 1.54) is 56.2 Å². The number of aromatic nitrogens is 1. The molecular weight excluding hydrogens is 308 g/mol. The van der Waals surface area contributed by atoms with Crippen molar-refractivity contribution in [2.24, 2.45) is 5.41 Å². The Morgan fingerprint density at radius 1 is 1.20 bits per heavy atom. The lowest BCUT2D eigenvalue weighted by atomic mass is 9.63. The summed E-state index contributed by atoms with van der Waals surface area (Å²) in [6.45, 7) is 2.04. The second-order valence-electron chi connectivity index (χ2n) is 8.35. The first-order chi connectivity index (χ1) is 12.2. The first kappa shape index (κ1) is 15.2. The molecule has 3 nitrogen and oxygen atoms in total. The predicted molar refractivity (Wildman–Crippen MR) is 97.8 cm³/mol. The van der Waals surface area contributed by atoms with Crippen molar-refractivity contribution in [2.45, 2.75) is 57.3 Å². The molecule has 1 aliphatic heterocycles. The van der Waals surface area contributed by atoms with E-state index in [4.69, 9.17) is 6.42 Å². The molecule has 25 heavy (non-hydrogen) atoms. The quantitative estimate of drug-likeness (QED) is 0.774. The third-order valence-corrected chi connectivity index (χ3v) is 6.82. The Bertz CT molecular complexity index is 811. The zero-order valence-corrected chi connectivity index (χ0v) is 14.7. The van der Waals surface area contributed by atoms with Gasteiger partial charge in [-0.2, -0.15) is 0 Å². The summed E-state index contributed by atoms with van der Waals surface area (Å²) >= 11 is 0. The number of hydrogen-bond donors (Lipinski definition) is 0. The lowest BCUT2D eigenvalue weighted by molar-refractivity contribution is -0.114. The highest BCUT2D eigenvalue weighted by Crippen LogP contribution is 2.50. The van der Waals surface area contributed by atoms with E-state index in [1.54, 1.807) is 0 Å². The zero-order valence-electron chi connectivity index (χ0n) is 14.7. The van der Waals surface area contributed by atoms with Crippen molar-refractivity contribution in [3.8, 4) is 12.3 Å². The van der Waals surface area contributed by atoms with Gasteiger partial charge in [-0.15, -0.1) is 6.42 Å². The molecule has 0 N–H and O–H groups in total. The van der Waals surface area contributed by atoms with Gasteiger partial charge in [0.15, 0.2) is 5.78 Å². The molecule has 0 radical (unpaired) electrons. The van der Waals surface area contributed by atoms with Gasteiger partial charge in [0.1, 0.15) is 0 Å². The molecule has 3 heteroatoms. The van der Waals surface area contributed by atoms with E-state index >= 15 is 0 Å². The first-order valence-electron chi connectivity index (χ1n) is 9.67. The molecule has 2 saturated carbocycles. The molecule has 1 spiro atoms. The van der Waals surface area contributed by atoms with Gasteiger partial charge in [0, 0.05) is 42.9 Å². The maximum Gasteiger partial charge on any atom is 0.177 e. The largest absolute Gasteiger partial charge is 0.370 e. The average Bonchev–Trinajstić information content (AvgIpc) is 3.44. The first-order valence-corrected chi connectivity index (χ1v) is 9.67. The summed E-state index contributed by atoms with van der Waals surface area (Å²) < 4.78 is 0. The Morgan fingerprint density at radius 3 is 2.56 bits per heavy atom. The standard InChI is InChI=1S/C22H24N2O/c1-2-17-20(25)12-16-14-23-19(15-4-5-15)13-18(16)21(17)24-10-8-22(9-11-24)6-3-7-22/h1,13-15H,3-12H2. The molecule has 1 aromatic rings. The summed E-state index contributed by atoms with van der Waals surface area (Å²) in [5.74, 6) is 3.41. The SMILES string of the molecule is C#CC1=C(N2CCC3(CCC3)CC2)c2cc(C3CC3)ncc2CC1=O. The number of fused-ring (bicyclic) bond motifs is 1. The van der Waals surface area contributed by atoms with Crippen LogP contribution in [-0.4, -0.2) is 28.8 Å². The lowest BCUT2D eigenvalue weighted by Crippen LogP contribution is -2.43. The minimum Gasteiger partial charge on any atom is -0.370 e. The van der Waals surface area contributed by atoms with Gasteiger partial charge >= 0.3 is 0 Å². The van der Waals surface area contributed by atoms with Crippen molar-refractivity contribution >= 4 is 11.5 Å². The number of hydrogen-bond acceptors (Lipinski definition) is 3. The van der Waals surface area contributed by atoms with Crippen molar-refractivity contribution in [2.75, 3.05) is 13.1 Å². The van der Waals surface area contributed by atoms with Gasteiger partial charge in [-0.3, -0.25) is 9.78 Å². The van der Waals surface area contributed by atoms with Crippen LogP contribution >= 0.6 is 0 Å².